The molecule has 1 atom stereocenters. The molecule has 1 aromatic rings. The van der Waals surface area contributed by atoms with Gasteiger partial charge in [0.15, 0.2) is 0 Å². The van der Waals surface area contributed by atoms with E-state index in [0.29, 0.717) is 17.8 Å². The first-order valence-corrected chi connectivity index (χ1v) is 9.57. The second kappa shape index (κ2) is 8.52. The second-order valence-corrected chi connectivity index (χ2v) is 7.67. The second-order valence-electron chi connectivity index (χ2n) is 7.67. The molecular formula is C18H30ClN5O. The summed E-state index contributed by atoms with van der Waals surface area (Å²) < 4.78 is 1.96. The zero-order valence-corrected chi connectivity index (χ0v) is 15.6. The Morgan fingerprint density at radius 3 is 2.72 bits per heavy atom. The zero-order chi connectivity index (χ0) is 16.4. The molecule has 1 unspecified atom stereocenters. The Bertz CT molecular complexity index is 560. The molecule has 7 heteroatoms. The van der Waals surface area contributed by atoms with Gasteiger partial charge in [-0.1, -0.05) is 0 Å². The molecular weight excluding hydrogens is 338 g/mol. The topological polar surface area (TPSA) is 62.2 Å². The summed E-state index contributed by atoms with van der Waals surface area (Å²) in [5.41, 5.74) is 0.556. The van der Waals surface area contributed by atoms with Crippen LogP contribution in [-0.2, 0) is 0 Å². The van der Waals surface area contributed by atoms with Crippen LogP contribution >= 0.6 is 12.4 Å². The summed E-state index contributed by atoms with van der Waals surface area (Å²) in [6, 6.07) is 2.53. The molecule has 0 radical (unpaired) electrons. The average Bonchev–Trinajstić information content (AvgIpc) is 3.29. The standard InChI is InChI=1S/C18H29N5O.ClH/c24-18(17-7-11-23(21-17)16-2-1-8-19-12-16)20-15-5-9-22(10-6-15)13-14-3-4-14;/h7,11,14-16,19H,1-6,8-10,12-13H2,(H,20,24);1H. The molecule has 140 valence electrons. The summed E-state index contributed by atoms with van der Waals surface area (Å²) in [7, 11) is 0. The molecule has 0 bridgehead atoms. The van der Waals surface area contributed by atoms with Crippen molar-refractivity contribution < 1.29 is 4.79 Å². The number of amides is 1. The minimum absolute atomic E-state index is 0. The van der Waals surface area contributed by atoms with Crippen molar-refractivity contribution >= 4 is 18.3 Å². The normalized spacial score (nSPS) is 25.4. The van der Waals surface area contributed by atoms with Crippen molar-refractivity contribution in [1.29, 1.82) is 0 Å². The summed E-state index contributed by atoms with van der Waals surface area (Å²) in [5, 5.41) is 11.1. The third-order valence-electron chi connectivity index (χ3n) is 5.62. The van der Waals surface area contributed by atoms with Gasteiger partial charge in [0.25, 0.3) is 5.91 Å². The Morgan fingerprint density at radius 2 is 2.04 bits per heavy atom. The van der Waals surface area contributed by atoms with E-state index in [0.717, 1.165) is 51.4 Å². The van der Waals surface area contributed by atoms with Gasteiger partial charge in [0.1, 0.15) is 5.69 Å². The van der Waals surface area contributed by atoms with Crippen molar-refractivity contribution in [2.45, 2.75) is 50.6 Å². The Kier molecular flexibility index (Phi) is 6.36. The molecule has 25 heavy (non-hydrogen) atoms. The van der Waals surface area contributed by atoms with Crippen LogP contribution in [0.2, 0.25) is 0 Å². The predicted molar refractivity (Wildman–Crippen MR) is 100 cm³/mol. The fourth-order valence-corrected chi connectivity index (χ4v) is 3.91. The van der Waals surface area contributed by atoms with Gasteiger partial charge in [-0.15, -0.1) is 12.4 Å². The van der Waals surface area contributed by atoms with Gasteiger partial charge in [-0.3, -0.25) is 9.48 Å². The van der Waals surface area contributed by atoms with Crippen LogP contribution in [0.5, 0.6) is 0 Å². The van der Waals surface area contributed by atoms with Gasteiger partial charge in [0.2, 0.25) is 0 Å². The first-order valence-electron chi connectivity index (χ1n) is 9.57. The molecule has 2 aliphatic heterocycles. The van der Waals surface area contributed by atoms with E-state index in [1.807, 2.05) is 16.9 Å². The smallest absolute Gasteiger partial charge is 0.271 e. The number of carbonyl (C=O) groups is 1. The summed E-state index contributed by atoms with van der Waals surface area (Å²) >= 11 is 0. The lowest BCUT2D eigenvalue weighted by molar-refractivity contribution is 0.0903. The molecule has 2 saturated heterocycles. The van der Waals surface area contributed by atoms with Crippen LogP contribution in [0, 0.1) is 5.92 Å². The van der Waals surface area contributed by atoms with Crippen LogP contribution in [0.15, 0.2) is 12.3 Å². The first kappa shape index (κ1) is 18.7. The van der Waals surface area contributed by atoms with Crippen molar-refractivity contribution in [3.05, 3.63) is 18.0 Å². The molecule has 1 amide bonds. The molecule has 3 fully saturated rings. The first-order chi connectivity index (χ1) is 11.8. The summed E-state index contributed by atoms with van der Waals surface area (Å²) in [4.78, 5) is 15.0. The van der Waals surface area contributed by atoms with E-state index in [1.54, 1.807) is 0 Å². The lowest BCUT2D eigenvalue weighted by atomic mass is 10.0. The van der Waals surface area contributed by atoms with E-state index >= 15 is 0 Å². The van der Waals surface area contributed by atoms with Crippen LogP contribution in [0.3, 0.4) is 0 Å². The monoisotopic (exact) mass is 367 g/mol. The molecule has 2 N–H and O–H groups in total. The quantitative estimate of drug-likeness (QED) is 0.833. The van der Waals surface area contributed by atoms with Gasteiger partial charge in [-0.2, -0.15) is 5.10 Å². The Balaban J connectivity index is 0.00000182. The van der Waals surface area contributed by atoms with Crippen LogP contribution in [0.1, 0.15) is 55.1 Å². The predicted octanol–water partition coefficient (Wildman–Crippen LogP) is 1.83. The van der Waals surface area contributed by atoms with E-state index in [9.17, 15) is 4.79 Å². The van der Waals surface area contributed by atoms with E-state index in [1.165, 1.54) is 25.8 Å². The molecule has 3 heterocycles. The molecule has 1 aromatic heterocycles. The fraction of sp³-hybridized carbons (Fsp3) is 0.778. The number of nitrogens with one attached hydrogen (secondary N) is 2. The van der Waals surface area contributed by atoms with Gasteiger partial charge in [-0.25, -0.2) is 0 Å². The SMILES string of the molecule is Cl.O=C(NC1CCN(CC2CC2)CC1)c1ccn(C2CCCNC2)n1. The average molecular weight is 368 g/mol. The van der Waals surface area contributed by atoms with E-state index in [4.69, 9.17) is 0 Å². The van der Waals surface area contributed by atoms with Crippen molar-refractivity contribution in [1.82, 2.24) is 25.3 Å². The number of rotatable bonds is 5. The Labute approximate surface area is 156 Å². The highest BCUT2D eigenvalue weighted by Gasteiger charge is 2.28. The molecule has 3 aliphatic rings. The number of aromatic nitrogens is 2. The fourth-order valence-electron chi connectivity index (χ4n) is 3.91. The minimum Gasteiger partial charge on any atom is -0.348 e. The van der Waals surface area contributed by atoms with Crippen molar-refractivity contribution in [3.8, 4) is 0 Å². The van der Waals surface area contributed by atoms with E-state index in [-0.39, 0.29) is 18.3 Å². The van der Waals surface area contributed by atoms with Gasteiger partial charge in [-0.05, 0) is 57.1 Å². The van der Waals surface area contributed by atoms with Gasteiger partial charge < -0.3 is 15.5 Å². The third kappa shape index (κ3) is 4.96. The van der Waals surface area contributed by atoms with Crippen molar-refractivity contribution in [2.24, 2.45) is 5.92 Å². The number of carbonyl (C=O) groups excluding carboxylic acids is 1. The number of hydrogen-bond donors (Lipinski definition) is 2. The summed E-state index contributed by atoms with van der Waals surface area (Å²) in [6.07, 6.45) is 9.20. The maximum absolute atomic E-state index is 12.5. The summed E-state index contributed by atoms with van der Waals surface area (Å²) in [5.74, 6) is 0.938. The van der Waals surface area contributed by atoms with Gasteiger partial charge in [0.05, 0.1) is 6.04 Å². The number of piperidine rings is 2. The molecule has 1 aliphatic carbocycles. The van der Waals surface area contributed by atoms with Crippen LogP contribution < -0.4 is 10.6 Å². The summed E-state index contributed by atoms with van der Waals surface area (Å²) in [6.45, 7) is 5.53. The maximum atomic E-state index is 12.5. The highest BCUT2D eigenvalue weighted by atomic mass is 35.5. The third-order valence-corrected chi connectivity index (χ3v) is 5.62. The molecule has 4 rings (SSSR count). The number of hydrogen-bond acceptors (Lipinski definition) is 4. The number of halogens is 1. The lowest BCUT2D eigenvalue weighted by Gasteiger charge is -2.32. The minimum atomic E-state index is -0.0156. The Morgan fingerprint density at radius 1 is 1.24 bits per heavy atom. The maximum Gasteiger partial charge on any atom is 0.271 e. The molecule has 0 spiro atoms. The molecule has 1 saturated carbocycles. The van der Waals surface area contributed by atoms with Crippen LogP contribution in [0.25, 0.3) is 0 Å². The van der Waals surface area contributed by atoms with Crippen molar-refractivity contribution in [3.63, 3.8) is 0 Å². The van der Waals surface area contributed by atoms with Crippen molar-refractivity contribution in [2.75, 3.05) is 32.7 Å². The number of likely N-dealkylation sites (tertiary alicyclic amines) is 1. The van der Waals surface area contributed by atoms with E-state index in [2.05, 4.69) is 20.6 Å². The highest BCUT2D eigenvalue weighted by Crippen LogP contribution is 2.30. The molecule has 0 aromatic carbocycles. The van der Waals surface area contributed by atoms with Crippen LogP contribution in [-0.4, -0.2) is 59.4 Å². The van der Waals surface area contributed by atoms with Gasteiger partial charge in [0, 0.05) is 38.4 Å². The zero-order valence-electron chi connectivity index (χ0n) is 14.8. The lowest BCUT2D eigenvalue weighted by Crippen LogP contribution is -2.45. The van der Waals surface area contributed by atoms with Crippen LogP contribution in [0.4, 0.5) is 0 Å². The van der Waals surface area contributed by atoms with Gasteiger partial charge >= 0.3 is 0 Å². The van der Waals surface area contributed by atoms with E-state index < -0.39 is 0 Å². The largest absolute Gasteiger partial charge is 0.348 e. The number of nitrogens with zero attached hydrogens (tertiary/aromatic N) is 3. The molecule has 6 nitrogen and oxygen atoms in total. The highest BCUT2D eigenvalue weighted by molar-refractivity contribution is 5.92. The Hall–Kier alpha value is -1.11.